The van der Waals surface area contributed by atoms with E-state index in [1.165, 1.54) is 0 Å². The third-order valence-corrected chi connectivity index (χ3v) is 2.47. The molecule has 0 heterocycles. The van der Waals surface area contributed by atoms with Gasteiger partial charge in [-0.05, 0) is 18.4 Å². The molecule has 1 atom stereocenters. The van der Waals surface area contributed by atoms with Crippen molar-refractivity contribution in [3.63, 3.8) is 0 Å². The molecule has 0 fully saturated rings. The van der Waals surface area contributed by atoms with Crippen LogP contribution in [-0.2, 0) is 0 Å². The Hall–Kier alpha value is -0.425. The van der Waals surface area contributed by atoms with Gasteiger partial charge in [-0.3, -0.25) is 0 Å². The van der Waals surface area contributed by atoms with Gasteiger partial charge in [-0.1, -0.05) is 42.2 Å². The Labute approximate surface area is 74.0 Å². The summed E-state index contributed by atoms with van der Waals surface area (Å²) in [7, 11) is 5.65. The Morgan fingerprint density at radius 3 is 2.82 bits per heavy atom. The largest absolute Gasteiger partial charge is 0.115 e. The maximum atomic E-state index is 5.96. The van der Waals surface area contributed by atoms with E-state index in [1.807, 2.05) is 19.1 Å². The molecule has 1 rings (SSSR count). The first kappa shape index (κ1) is 8.67. The zero-order valence-electron chi connectivity index (χ0n) is 6.76. The SMILES string of the molecule is [B]C1=CC=CC(C)C(C)=C1Cl. The fourth-order valence-corrected chi connectivity index (χ4v) is 1.21. The van der Waals surface area contributed by atoms with E-state index in [1.54, 1.807) is 0 Å². The minimum atomic E-state index is 0.389. The van der Waals surface area contributed by atoms with Crippen LogP contribution in [0.25, 0.3) is 0 Å². The van der Waals surface area contributed by atoms with Gasteiger partial charge in [0.15, 0.2) is 0 Å². The van der Waals surface area contributed by atoms with Crippen molar-refractivity contribution in [1.82, 2.24) is 0 Å². The summed E-state index contributed by atoms with van der Waals surface area (Å²) >= 11 is 5.96. The molecule has 0 aliphatic heterocycles. The first-order valence-electron chi connectivity index (χ1n) is 3.63. The Kier molecular flexibility index (Phi) is 2.61. The maximum Gasteiger partial charge on any atom is 0.115 e. The normalized spacial score (nSPS) is 25.0. The molecule has 0 bridgehead atoms. The van der Waals surface area contributed by atoms with Gasteiger partial charge < -0.3 is 0 Å². The van der Waals surface area contributed by atoms with E-state index in [0.29, 0.717) is 16.4 Å². The molecular weight excluding hydrogens is 154 g/mol. The number of hydrogen-bond acceptors (Lipinski definition) is 0. The summed E-state index contributed by atoms with van der Waals surface area (Å²) in [4.78, 5) is 0. The van der Waals surface area contributed by atoms with Gasteiger partial charge in [0.1, 0.15) is 7.85 Å². The molecule has 1 aliphatic carbocycles. The van der Waals surface area contributed by atoms with Crippen molar-refractivity contribution in [1.29, 1.82) is 0 Å². The van der Waals surface area contributed by atoms with Crippen molar-refractivity contribution in [2.45, 2.75) is 13.8 Å². The highest BCUT2D eigenvalue weighted by atomic mass is 35.5. The molecule has 2 radical (unpaired) electrons. The highest BCUT2D eigenvalue weighted by molar-refractivity contribution is 6.41. The van der Waals surface area contributed by atoms with E-state index in [-0.39, 0.29) is 0 Å². The van der Waals surface area contributed by atoms with Gasteiger partial charge in [0.25, 0.3) is 0 Å². The van der Waals surface area contributed by atoms with Crippen LogP contribution >= 0.6 is 11.6 Å². The van der Waals surface area contributed by atoms with E-state index in [4.69, 9.17) is 19.4 Å². The second-order valence-electron chi connectivity index (χ2n) is 2.79. The fourth-order valence-electron chi connectivity index (χ4n) is 0.971. The average Bonchev–Trinajstić information content (AvgIpc) is 2.07. The summed E-state index contributed by atoms with van der Waals surface area (Å²) in [6, 6.07) is 0. The zero-order chi connectivity index (χ0) is 8.43. The standard InChI is InChI=1S/C9H10BCl/c1-6-4-3-5-8(10)9(11)7(6)2/h3-6H,1-2H3. The molecule has 0 saturated carbocycles. The molecule has 0 N–H and O–H groups in total. The maximum absolute atomic E-state index is 5.96. The van der Waals surface area contributed by atoms with Gasteiger partial charge in [-0.25, -0.2) is 0 Å². The van der Waals surface area contributed by atoms with Crippen LogP contribution < -0.4 is 0 Å². The van der Waals surface area contributed by atoms with Crippen LogP contribution in [0.1, 0.15) is 13.8 Å². The highest BCUT2D eigenvalue weighted by Gasteiger charge is 2.08. The molecule has 11 heavy (non-hydrogen) atoms. The van der Waals surface area contributed by atoms with E-state index in [9.17, 15) is 0 Å². The number of rotatable bonds is 0. The lowest BCUT2D eigenvalue weighted by Crippen LogP contribution is -1.93. The molecule has 0 nitrogen and oxygen atoms in total. The van der Waals surface area contributed by atoms with Crippen LogP contribution in [0, 0.1) is 5.92 Å². The molecule has 56 valence electrons. The Bertz CT molecular complexity index is 248. The second kappa shape index (κ2) is 3.31. The van der Waals surface area contributed by atoms with Crippen molar-refractivity contribution in [3.8, 4) is 0 Å². The zero-order valence-corrected chi connectivity index (χ0v) is 7.52. The minimum Gasteiger partial charge on any atom is -0.0850 e. The van der Waals surface area contributed by atoms with E-state index < -0.39 is 0 Å². The van der Waals surface area contributed by atoms with Crippen molar-refractivity contribution in [2.24, 2.45) is 5.92 Å². The lowest BCUT2D eigenvalue weighted by atomic mass is 9.92. The summed E-state index contributed by atoms with van der Waals surface area (Å²) in [5, 5.41) is 0.697. The molecule has 0 aromatic rings. The molecule has 1 unspecified atom stereocenters. The van der Waals surface area contributed by atoms with Gasteiger partial charge in [-0.2, -0.15) is 0 Å². The highest BCUT2D eigenvalue weighted by Crippen LogP contribution is 2.25. The van der Waals surface area contributed by atoms with Crippen molar-refractivity contribution >= 4 is 19.4 Å². The quantitative estimate of drug-likeness (QED) is 0.483. The number of hydrogen-bond donors (Lipinski definition) is 0. The van der Waals surface area contributed by atoms with Crippen LogP contribution in [-0.4, -0.2) is 7.85 Å². The predicted molar refractivity (Wildman–Crippen MR) is 50.7 cm³/mol. The summed E-state index contributed by atoms with van der Waals surface area (Å²) in [5.41, 5.74) is 1.79. The van der Waals surface area contributed by atoms with E-state index in [0.717, 1.165) is 5.57 Å². The Balaban J connectivity index is 3.08. The van der Waals surface area contributed by atoms with E-state index in [2.05, 4.69) is 13.0 Å². The van der Waals surface area contributed by atoms with E-state index >= 15 is 0 Å². The van der Waals surface area contributed by atoms with Gasteiger partial charge in [0.2, 0.25) is 0 Å². The number of allylic oxidation sites excluding steroid dienone is 6. The molecule has 1 aliphatic rings. The van der Waals surface area contributed by atoms with Gasteiger partial charge in [0.05, 0.1) is 0 Å². The summed E-state index contributed by atoms with van der Waals surface area (Å²) < 4.78 is 0. The van der Waals surface area contributed by atoms with Crippen molar-refractivity contribution in [3.05, 3.63) is 34.3 Å². The predicted octanol–water partition coefficient (Wildman–Crippen LogP) is 2.76. The average molecular weight is 164 g/mol. The molecule has 0 saturated heterocycles. The molecular formula is C9H10BCl. The van der Waals surface area contributed by atoms with Crippen molar-refractivity contribution < 1.29 is 0 Å². The van der Waals surface area contributed by atoms with Crippen LogP contribution in [0.2, 0.25) is 0 Å². The number of halogens is 1. The molecule has 0 amide bonds. The molecule has 0 spiro atoms. The summed E-state index contributed by atoms with van der Waals surface area (Å²) in [6.07, 6.45) is 5.85. The first-order chi connectivity index (χ1) is 5.13. The Morgan fingerprint density at radius 2 is 2.18 bits per heavy atom. The lowest BCUT2D eigenvalue weighted by molar-refractivity contribution is 0.862. The first-order valence-corrected chi connectivity index (χ1v) is 4.01. The van der Waals surface area contributed by atoms with Gasteiger partial charge >= 0.3 is 0 Å². The monoisotopic (exact) mass is 164 g/mol. The topological polar surface area (TPSA) is 0 Å². The van der Waals surface area contributed by atoms with Gasteiger partial charge in [0, 0.05) is 5.03 Å². The van der Waals surface area contributed by atoms with Crippen LogP contribution in [0.4, 0.5) is 0 Å². The van der Waals surface area contributed by atoms with Crippen LogP contribution in [0.5, 0.6) is 0 Å². The second-order valence-corrected chi connectivity index (χ2v) is 3.17. The van der Waals surface area contributed by atoms with Crippen molar-refractivity contribution in [2.75, 3.05) is 0 Å². The minimum absolute atomic E-state index is 0.389. The van der Waals surface area contributed by atoms with Gasteiger partial charge in [-0.15, -0.1) is 0 Å². The smallest absolute Gasteiger partial charge is 0.0850 e. The summed E-state index contributed by atoms with van der Waals surface area (Å²) in [6.45, 7) is 4.10. The van der Waals surface area contributed by atoms with Crippen LogP contribution in [0.3, 0.4) is 0 Å². The summed E-state index contributed by atoms with van der Waals surface area (Å²) in [5.74, 6) is 0.389. The molecule has 2 heteroatoms. The molecule has 0 aromatic carbocycles. The molecule has 0 aromatic heterocycles. The third-order valence-electron chi connectivity index (χ3n) is 1.96. The van der Waals surface area contributed by atoms with Crippen LogP contribution in [0.15, 0.2) is 34.3 Å². The third kappa shape index (κ3) is 1.78. The lowest BCUT2D eigenvalue weighted by Gasteiger charge is -2.08. The Morgan fingerprint density at radius 1 is 1.55 bits per heavy atom. The fraction of sp³-hybridized carbons (Fsp3) is 0.333.